The summed E-state index contributed by atoms with van der Waals surface area (Å²) in [5.74, 6) is 1.58. The number of ether oxygens (including phenoxy) is 4. The summed E-state index contributed by atoms with van der Waals surface area (Å²) in [5, 5.41) is 9.31. The molecule has 1 spiro atoms. The monoisotopic (exact) mass is 515 g/mol. The number of piperidine rings is 1. The fourth-order valence-electron chi connectivity index (χ4n) is 6.02. The maximum atomic E-state index is 12.7. The first-order valence-electron chi connectivity index (χ1n) is 13.7. The molecule has 2 saturated heterocycles. The molecule has 0 radical (unpaired) electrons. The van der Waals surface area contributed by atoms with Crippen molar-refractivity contribution < 1.29 is 28.8 Å². The van der Waals surface area contributed by atoms with Crippen molar-refractivity contribution in [1.82, 2.24) is 4.90 Å². The summed E-state index contributed by atoms with van der Waals surface area (Å²) in [7, 11) is 0. The van der Waals surface area contributed by atoms with Gasteiger partial charge in [-0.05, 0) is 85.1 Å². The highest BCUT2D eigenvalue weighted by molar-refractivity contribution is 5.68. The minimum atomic E-state index is -0.493. The predicted molar refractivity (Wildman–Crippen MR) is 143 cm³/mol. The van der Waals surface area contributed by atoms with Crippen LogP contribution >= 0.6 is 0 Å². The maximum Gasteiger partial charge on any atom is 0.410 e. The number of carbonyl (C=O) groups is 1. The number of hydrogen-bond donors (Lipinski definition) is 1. The minimum absolute atomic E-state index is 0.0172. The Hall–Kier alpha value is -2.25. The Morgan fingerprint density at radius 1 is 1.24 bits per heavy atom. The van der Waals surface area contributed by atoms with Gasteiger partial charge in [0, 0.05) is 24.6 Å². The van der Waals surface area contributed by atoms with Crippen molar-refractivity contribution in [3.8, 4) is 11.5 Å². The molecule has 1 amide bonds. The highest BCUT2D eigenvalue weighted by atomic mass is 16.6. The number of hydrogen-bond acceptors (Lipinski definition) is 6. The second-order valence-electron chi connectivity index (χ2n) is 12.5. The van der Waals surface area contributed by atoms with E-state index in [4.69, 9.17) is 18.9 Å². The molecule has 0 saturated carbocycles. The van der Waals surface area contributed by atoms with Crippen LogP contribution in [-0.2, 0) is 9.47 Å². The molecular formula is C30H45NO6. The van der Waals surface area contributed by atoms with E-state index < -0.39 is 11.2 Å². The standard InChI is InChI=1S/C30H45NO6/c1-21(2)9-8-12-29(6)23-19-30(13-15-31(16-14-30)27(33)37-28(3,4)5)20-35-25(23)22-10-7-11-24(26(22)36-29)34-18-17-32/h7,9-11,23,25,32H,8,12-20H2,1-6H3/t23-,25+,29-/m0/s1. The average molecular weight is 516 g/mol. The summed E-state index contributed by atoms with van der Waals surface area (Å²) in [4.78, 5) is 14.5. The molecule has 0 aliphatic carbocycles. The summed E-state index contributed by atoms with van der Waals surface area (Å²) < 4.78 is 25.0. The van der Waals surface area contributed by atoms with E-state index in [0.29, 0.717) is 25.4 Å². The third-order valence-electron chi connectivity index (χ3n) is 8.04. The number of fused-ring (bicyclic) bond motifs is 3. The Morgan fingerprint density at radius 3 is 2.62 bits per heavy atom. The smallest absolute Gasteiger partial charge is 0.410 e. The van der Waals surface area contributed by atoms with Crippen LogP contribution in [0.4, 0.5) is 4.79 Å². The molecule has 7 heteroatoms. The Bertz CT molecular complexity index is 986. The molecule has 3 heterocycles. The van der Waals surface area contributed by atoms with E-state index >= 15 is 0 Å². The minimum Gasteiger partial charge on any atom is -0.487 e. The van der Waals surface area contributed by atoms with Crippen LogP contribution in [0.2, 0.25) is 0 Å². The molecule has 4 rings (SSSR count). The van der Waals surface area contributed by atoms with E-state index in [-0.39, 0.29) is 36.7 Å². The SMILES string of the molecule is CC(C)=CCC[C@]1(C)Oc2c(OCCO)cccc2[C@H]2OCC3(CCN(C(=O)OC(C)(C)C)CC3)C[C@@H]21. The lowest BCUT2D eigenvalue weighted by Crippen LogP contribution is -2.56. The van der Waals surface area contributed by atoms with Gasteiger partial charge in [0.15, 0.2) is 11.5 Å². The zero-order chi connectivity index (χ0) is 26.8. The molecule has 3 aliphatic heterocycles. The zero-order valence-corrected chi connectivity index (χ0v) is 23.5. The van der Waals surface area contributed by atoms with E-state index in [1.807, 2.05) is 37.8 Å². The topological polar surface area (TPSA) is 77.5 Å². The van der Waals surface area contributed by atoms with Crippen LogP contribution in [0.3, 0.4) is 0 Å². The summed E-state index contributed by atoms with van der Waals surface area (Å²) in [6.07, 6.45) is 6.55. The van der Waals surface area contributed by atoms with Crippen molar-refractivity contribution in [3.63, 3.8) is 0 Å². The molecule has 206 valence electrons. The highest BCUT2D eigenvalue weighted by Crippen LogP contribution is 2.58. The number of para-hydroxylation sites is 1. The number of allylic oxidation sites excluding steroid dienone is 2. The molecular weight excluding hydrogens is 470 g/mol. The van der Waals surface area contributed by atoms with Crippen molar-refractivity contribution in [2.24, 2.45) is 11.3 Å². The Kier molecular flexibility index (Phi) is 8.15. The maximum absolute atomic E-state index is 12.7. The number of rotatable bonds is 6. The lowest BCUT2D eigenvalue weighted by molar-refractivity contribution is -0.180. The van der Waals surface area contributed by atoms with E-state index in [9.17, 15) is 9.90 Å². The van der Waals surface area contributed by atoms with E-state index in [2.05, 4.69) is 32.9 Å². The largest absolute Gasteiger partial charge is 0.487 e. The van der Waals surface area contributed by atoms with Crippen molar-refractivity contribution in [2.75, 3.05) is 32.9 Å². The molecule has 0 bridgehead atoms. The summed E-state index contributed by atoms with van der Waals surface area (Å²) in [6, 6.07) is 5.96. The number of likely N-dealkylation sites (tertiary alicyclic amines) is 1. The molecule has 0 aromatic heterocycles. The van der Waals surface area contributed by atoms with Crippen LogP contribution in [-0.4, -0.2) is 60.2 Å². The van der Waals surface area contributed by atoms with Gasteiger partial charge in [-0.3, -0.25) is 0 Å². The van der Waals surface area contributed by atoms with Crippen molar-refractivity contribution in [2.45, 2.75) is 91.0 Å². The molecule has 3 atom stereocenters. The van der Waals surface area contributed by atoms with Gasteiger partial charge in [0.05, 0.1) is 19.3 Å². The van der Waals surface area contributed by atoms with Gasteiger partial charge < -0.3 is 29.0 Å². The molecule has 3 aliphatic rings. The zero-order valence-electron chi connectivity index (χ0n) is 23.5. The molecule has 1 N–H and O–H groups in total. The Balaban J connectivity index is 1.57. The van der Waals surface area contributed by atoms with Gasteiger partial charge in [0.1, 0.15) is 17.8 Å². The highest BCUT2D eigenvalue weighted by Gasteiger charge is 2.55. The van der Waals surface area contributed by atoms with Crippen molar-refractivity contribution in [3.05, 3.63) is 35.4 Å². The molecule has 37 heavy (non-hydrogen) atoms. The van der Waals surface area contributed by atoms with Gasteiger partial charge in [0.25, 0.3) is 0 Å². The lowest BCUT2D eigenvalue weighted by atomic mass is 9.63. The van der Waals surface area contributed by atoms with E-state index in [0.717, 1.165) is 43.4 Å². The third kappa shape index (κ3) is 6.26. The average Bonchev–Trinajstić information content (AvgIpc) is 2.82. The van der Waals surface area contributed by atoms with E-state index in [1.54, 1.807) is 0 Å². The second kappa shape index (κ2) is 10.9. The molecule has 0 unspecified atom stereocenters. The molecule has 1 aromatic carbocycles. The molecule has 2 fully saturated rings. The summed E-state index contributed by atoms with van der Waals surface area (Å²) >= 11 is 0. The molecule has 7 nitrogen and oxygen atoms in total. The summed E-state index contributed by atoms with van der Waals surface area (Å²) in [6.45, 7) is 14.4. The van der Waals surface area contributed by atoms with Gasteiger partial charge in [-0.25, -0.2) is 4.79 Å². The quantitative estimate of drug-likeness (QED) is 0.465. The Labute approximate surface area is 222 Å². The Morgan fingerprint density at radius 2 is 1.97 bits per heavy atom. The van der Waals surface area contributed by atoms with Crippen LogP contribution in [0.15, 0.2) is 29.8 Å². The van der Waals surface area contributed by atoms with Crippen LogP contribution in [0.1, 0.15) is 85.3 Å². The number of amides is 1. The van der Waals surface area contributed by atoms with Crippen LogP contribution in [0.25, 0.3) is 0 Å². The normalized spacial score (nSPS) is 26.5. The van der Waals surface area contributed by atoms with Crippen molar-refractivity contribution in [1.29, 1.82) is 0 Å². The fourth-order valence-corrected chi connectivity index (χ4v) is 6.02. The van der Waals surface area contributed by atoms with Gasteiger partial charge in [-0.2, -0.15) is 0 Å². The van der Waals surface area contributed by atoms with Gasteiger partial charge in [0.2, 0.25) is 0 Å². The van der Waals surface area contributed by atoms with Crippen LogP contribution < -0.4 is 9.47 Å². The number of benzene rings is 1. The van der Waals surface area contributed by atoms with E-state index in [1.165, 1.54) is 5.57 Å². The third-order valence-corrected chi connectivity index (χ3v) is 8.04. The first kappa shape index (κ1) is 27.8. The predicted octanol–water partition coefficient (Wildman–Crippen LogP) is 6.05. The number of aliphatic hydroxyl groups excluding tert-OH is 1. The van der Waals surface area contributed by atoms with Gasteiger partial charge in [-0.15, -0.1) is 0 Å². The number of aliphatic hydroxyl groups is 1. The first-order chi connectivity index (χ1) is 17.5. The molecule has 1 aromatic rings. The first-order valence-corrected chi connectivity index (χ1v) is 13.7. The second-order valence-corrected chi connectivity index (χ2v) is 12.5. The van der Waals surface area contributed by atoms with Crippen molar-refractivity contribution >= 4 is 6.09 Å². The van der Waals surface area contributed by atoms with Gasteiger partial charge in [-0.1, -0.05) is 23.8 Å². The number of carbonyl (C=O) groups excluding carboxylic acids is 1. The van der Waals surface area contributed by atoms with Gasteiger partial charge >= 0.3 is 6.09 Å². The number of nitrogens with zero attached hydrogens (tertiary/aromatic N) is 1. The van der Waals surface area contributed by atoms with Crippen LogP contribution in [0, 0.1) is 11.3 Å². The summed E-state index contributed by atoms with van der Waals surface area (Å²) in [5.41, 5.74) is 1.42. The van der Waals surface area contributed by atoms with Crippen LogP contribution in [0.5, 0.6) is 11.5 Å². The lowest BCUT2D eigenvalue weighted by Gasteiger charge is -2.55. The fraction of sp³-hybridized carbons (Fsp3) is 0.700.